The van der Waals surface area contributed by atoms with Crippen LogP contribution in [0, 0.1) is 6.92 Å². The van der Waals surface area contributed by atoms with Crippen LogP contribution in [0.5, 0.6) is 5.75 Å². The van der Waals surface area contributed by atoms with Gasteiger partial charge in [0.15, 0.2) is 17.3 Å². The Morgan fingerprint density at radius 3 is 2.45 bits per heavy atom. The third-order valence-corrected chi connectivity index (χ3v) is 11.4. The highest BCUT2D eigenvalue weighted by Crippen LogP contribution is 2.44. The molecule has 20 heteroatoms. The molecule has 296 valence electrons. The number of aryl methyl sites for hydroxylation is 1. The first-order valence-electron chi connectivity index (χ1n) is 18.1. The van der Waals surface area contributed by atoms with Gasteiger partial charge in [-0.3, -0.25) is 23.9 Å². The molecule has 1 aromatic carbocycles. The zero-order chi connectivity index (χ0) is 39.8. The molecule has 2 N–H and O–H groups in total. The van der Waals surface area contributed by atoms with Crippen LogP contribution >= 0.6 is 11.6 Å². The fraction of sp³-hybridized carbons (Fsp3) is 0.472. The van der Waals surface area contributed by atoms with Gasteiger partial charge in [0.25, 0.3) is 17.4 Å². The van der Waals surface area contributed by atoms with Crippen LogP contribution in [0.15, 0.2) is 35.4 Å². The maximum absolute atomic E-state index is 14.5. The van der Waals surface area contributed by atoms with Crippen LogP contribution in [-0.4, -0.2) is 107 Å². The summed E-state index contributed by atoms with van der Waals surface area (Å²) < 4.78 is 69.9. The van der Waals surface area contributed by atoms with Crippen LogP contribution in [0.3, 0.4) is 0 Å². The number of hydrogen-bond donors (Lipinski definition) is 2. The van der Waals surface area contributed by atoms with E-state index in [-0.39, 0.29) is 103 Å². The SMILES string of the molecule is Cc1ncnc(C(=O)N2CCN(c3c4n(c5nc(C6=CCN(C7CC(F)(F)C7)CC6)nn5c3=O)[C@@H](C(=O)Nc3ccc(C(F)(F)F)cc3Cl)C[C@@H]4C)CC2)c1O. The summed E-state index contributed by atoms with van der Waals surface area (Å²) in [6.07, 6.45) is -1.34. The molecule has 0 unspecified atom stereocenters. The smallest absolute Gasteiger partial charge is 0.416 e. The summed E-state index contributed by atoms with van der Waals surface area (Å²) in [5, 5.41) is 17.4. The number of carbonyl (C=O) groups excluding carboxylic acids is 2. The Morgan fingerprint density at radius 1 is 1.07 bits per heavy atom. The first-order chi connectivity index (χ1) is 26.5. The molecule has 0 spiro atoms. The summed E-state index contributed by atoms with van der Waals surface area (Å²) in [4.78, 5) is 59.8. The highest BCUT2D eigenvalue weighted by molar-refractivity contribution is 6.33. The van der Waals surface area contributed by atoms with Crippen LogP contribution in [0.1, 0.15) is 77.8 Å². The van der Waals surface area contributed by atoms with Gasteiger partial charge in [0.2, 0.25) is 11.7 Å². The van der Waals surface area contributed by atoms with E-state index in [1.54, 1.807) is 11.5 Å². The highest BCUT2D eigenvalue weighted by atomic mass is 35.5. The van der Waals surface area contributed by atoms with Crippen LogP contribution in [-0.2, 0) is 11.0 Å². The minimum atomic E-state index is -4.64. The number of aromatic nitrogens is 6. The fourth-order valence-corrected chi connectivity index (χ4v) is 8.27. The number of carbonyl (C=O) groups is 2. The van der Waals surface area contributed by atoms with E-state index in [1.807, 2.05) is 22.8 Å². The van der Waals surface area contributed by atoms with Gasteiger partial charge in [-0.05, 0) is 43.5 Å². The minimum absolute atomic E-state index is 0.0305. The Kier molecular flexibility index (Phi) is 9.29. The molecule has 56 heavy (non-hydrogen) atoms. The van der Waals surface area contributed by atoms with Gasteiger partial charge in [-0.15, -0.1) is 5.10 Å². The molecule has 0 bridgehead atoms. The molecule has 1 saturated carbocycles. The number of rotatable bonds is 6. The number of hydrogen-bond acceptors (Lipinski definition) is 10. The average molecular weight is 803 g/mol. The Labute approximate surface area is 320 Å². The Bertz CT molecular complexity index is 2350. The van der Waals surface area contributed by atoms with E-state index in [4.69, 9.17) is 16.6 Å². The monoisotopic (exact) mass is 802 g/mol. The van der Waals surface area contributed by atoms with Crippen molar-refractivity contribution in [1.29, 1.82) is 0 Å². The lowest BCUT2D eigenvalue weighted by Crippen LogP contribution is -2.51. The van der Waals surface area contributed by atoms with Crippen molar-refractivity contribution >= 4 is 46.1 Å². The molecule has 3 aromatic heterocycles. The van der Waals surface area contributed by atoms with Crippen LogP contribution in [0.25, 0.3) is 11.4 Å². The van der Waals surface area contributed by atoms with E-state index in [0.717, 1.165) is 22.7 Å². The number of alkyl halides is 5. The zero-order valence-corrected chi connectivity index (χ0v) is 30.9. The predicted molar refractivity (Wildman–Crippen MR) is 193 cm³/mol. The number of benzene rings is 1. The molecule has 2 fully saturated rings. The van der Waals surface area contributed by atoms with Crippen molar-refractivity contribution in [3.8, 4) is 5.75 Å². The summed E-state index contributed by atoms with van der Waals surface area (Å²) in [6.45, 7) is 5.05. The van der Waals surface area contributed by atoms with Gasteiger partial charge in [0.05, 0.1) is 27.7 Å². The molecule has 6 heterocycles. The number of anilines is 2. The molecule has 4 aliphatic rings. The number of aromatic hydroxyl groups is 1. The van der Waals surface area contributed by atoms with Gasteiger partial charge < -0.3 is 20.2 Å². The second-order valence-corrected chi connectivity index (χ2v) is 15.1. The van der Waals surface area contributed by atoms with Gasteiger partial charge in [0, 0.05) is 64.1 Å². The first-order valence-corrected chi connectivity index (χ1v) is 18.5. The second-order valence-electron chi connectivity index (χ2n) is 14.7. The Morgan fingerprint density at radius 2 is 1.80 bits per heavy atom. The molecular weight excluding hydrogens is 767 g/mol. The van der Waals surface area contributed by atoms with Crippen molar-refractivity contribution in [2.75, 3.05) is 49.5 Å². The molecule has 14 nitrogen and oxygen atoms in total. The number of amides is 2. The molecule has 2 amide bonds. The molecule has 8 rings (SSSR count). The van der Waals surface area contributed by atoms with E-state index in [2.05, 4.69) is 20.4 Å². The summed E-state index contributed by atoms with van der Waals surface area (Å²) in [5.41, 5.74) is 0.0834. The number of piperazine rings is 1. The van der Waals surface area contributed by atoms with Gasteiger partial charge in [-0.2, -0.15) is 22.7 Å². The number of nitrogens with one attached hydrogen (secondary N) is 1. The normalized spacial score (nSPS) is 21.5. The number of fused-ring (bicyclic) bond motifs is 3. The minimum Gasteiger partial charge on any atom is -0.504 e. The van der Waals surface area contributed by atoms with Crippen molar-refractivity contribution in [3.63, 3.8) is 0 Å². The molecule has 2 atom stereocenters. The molecule has 0 radical (unpaired) electrons. The van der Waals surface area contributed by atoms with Gasteiger partial charge in [-0.1, -0.05) is 24.6 Å². The standard InChI is InChI=1S/C36H36ClF5N10O4/c1-18-13-25(31(54)45-24-4-3-21(14-23(24)37)36(40,41)42)51-27(18)28(49-9-11-50(12-10-49)32(55)26-29(53)19(2)43-17-44-26)33(56)52-34(51)46-30(47-52)20-5-7-48(8-6-20)22-15-35(38,39)16-22/h3-5,14,17-18,22,25,53H,6-13,15-16H2,1-2H3,(H,45,54)/t18-,25+/m0/s1. The van der Waals surface area contributed by atoms with E-state index in [0.29, 0.717) is 30.8 Å². The maximum atomic E-state index is 14.5. The largest absolute Gasteiger partial charge is 0.504 e. The second kappa shape index (κ2) is 13.8. The van der Waals surface area contributed by atoms with Gasteiger partial charge in [-0.25, -0.2) is 18.7 Å². The van der Waals surface area contributed by atoms with E-state index in [9.17, 15) is 41.4 Å². The topological polar surface area (TPSA) is 154 Å². The quantitative estimate of drug-likeness (QED) is 0.258. The van der Waals surface area contributed by atoms with Crippen LogP contribution in [0.4, 0.5) is 33.3 Å². The lowest BCUT2D eigenvalue weighted by atomic mass is 9.86. The first kappa shape index (κ1) is 37.7. The lowest BCUT2D eigenvalue weighted by molar-refractivity contribution is -0.137. The number of halogens is 6. The molecular formula is C36H36ClF5N10O4. The summed E-state index contributed by atoms with van der Waals surface area (Å²) in [5.74, 6) is -4.13. The van der Waals surface area contributed by atoms with Gasteiger partial charge in [0.1, 0.15) is 18.1 Å². The van der Waals surface area contributed by atoms with Crippen molar-refractivity contribution in [1.82, 2.24) is 38.9 Å². The summed E-state index contributed by atoms with van der Waals surface area (Å²) in [7, 11) is 0. The third kappa shape index (κ3) is 6.63. The van der Waals surface area contributed by atoms with E-state index < -0.39 is 41.1 Å². The van der Waals surface area contributed by atoms with Crippen LogP contribution in [0.2, 0.25) is 5.02 Å². The molecule has 3 aliphatic heterocycles. The van der Waals surface area contributed by atoms with Crippen molar-refractivity contribution in [2.24, 2.45) is 0 Å². The third-order valence-electron chi connectivity index (χ3n) is 11.1. The zero-order valence-electron chi connectivity index (χ0n) is 30.2. The predicted octanol–water partition coefficient (Wildman–Crippen LogP) is 4.90. The summed E-state index contributed by atoms with van der Waals surface area (Å²) in [6, 6.07) is 1.42. The highest BCUT2D eigenvalue weighted by Gasteiger charge is 2.48. The van der Waals surface area contributed by atoms with E-state index in [1.165, 1.54) is 11.2 Å². The van der Waals surface area contributed by atoms with Crippen LogP contribution < -0.4 is 15.8 Å². The Balaban J connectivity index is 1.14. The van der Waals surface area contributed by atoms with Gasteiger partial charge >= 0.3 is 6.18 Å². The molecule has 4 aromatic rings. The summed E-state index contributed by atoms with van der Waals surface area (Å²) >= 11 is 6.20. The maximum Gasteiger partial charge on any atom is 0.416 e. The number of nitrogens with zero attached hydrogens (tertiary/aromatic N) is 9. The Hall–Kier alpha value is -5.17. The van der Waals surface area contributed by atoms with Crippen molar-refractivity contribution in [3.05, 3.63) is 74.4 Å². The average Bonchev–Trinajstić information content (AvgIpc) is 3.74. The van der Waals surface area contributed by atoms with E-state index >= 15 is 0 Å². The van der Waals surface area contributed by atoms with Crippen molar-refractivity contribution < 1.29 is 36.6 Å². The lowest BCUT2D eigenvalue weighted by Gasteiger charge is -2.43. The molecule has 1 saturated heterocycles. The molecule has 1 aliphatic carbocycles. The van der Waals surface area contributed by atoms with Crippen molar-refractivity contribution in [2.45, 2.75) is 69.6 Å². The fourth-order valence-electron chi connectivity index (χ4n) is 8.04.